The molecule has 2 atom stereocenters. The second-order valence-corrected chi connectivity index (χ2v) is 5.10. The third kappa shape index (κ3) is 2.39. The molecule has 2 unspecified atom stereocenters. The van der Waals surface area contributed by atoms with Gasteiger partial charge in [0.2, 0.25) is 0 Å². The molecule has 1 amide bonds. The molecule has 0 aliphatic carbocycles. The minimum atomic E-state index is -0.769. The maximum Gasteiger partial charge on any atom is 0.307 e. The number of hydrogen-bond acceptors (Lipinski definition) is 4. The zero-order chi connectivity index (χ0) is 14.1. The van der Waals surface area contributed by atoms with Crippen LogP contribution < -0.4 is 10.4 Å². The average Bonchev–Trinajstić information content (AvgIpc) is 3.07. The van der Waals surface area contributed by atoms with Crippen molar-refractivity contribution in [3.05, 3.63) is 29.8 Å². The quantitative estimate of drug-likeness (QED) is 0.864. The van der Waals surface area contributed by atoms with E-state index >= 15 is 0 Å². The summed E-state index contributed by atoms with van der Waals surface area (Å²) in [6, 6.07) is 7.50. The van der Waals surface area contributed by atoms with Crippen LogP contribution >= 0.6 is 0 Å². The molecule has 2 N–H and O–H groups in total. The van der Waals surface area contributed by atoms with Crippen molar-refractivity contribution in [2.75, 3.05) is 18.2 Å². The summed E-state index contributed by atoms with van der Waals surface area (Å²) in [5.41, 5.74) is 1.68. The van der Waals surface area contributed by atoms with Gasteiger partial charge < -0.3 is 10.4 Å². The van der Waals surface area contributed by atoms with E-state index in [0.717, 1.165) is 5.56 Å². The third-order valence-electron chi connectivity index (χ3n) is 3.75. The number of benzene rings is 1. The predicted molar refractivity (Wildman–Crippen MR) is 71.0 cm³/mol. The summed E-state index contributed by atoms with van der Waals surface area (Å²) in [5.74, 6) is -1.17. The van der Waals surface area contributed by atoms with Crippen LogP contribution in [0.25, 0.3) is 0 Å². The molecule has 2 heterocycles. The van der Waals surface area contributed by atoms with Crippen LogP contribution in [0, 0.1) is 5.92 Å². The fourth-order valence-electron chi connectivity index (χ4n) is 2.66. The number of rotatable bonds is 3. The van der Waals surface area contributed by atoms with Crippen LogP contribution in [0.4, 0.5) is 5.69 Å². The molecular formula is C14H16N2O4. The molecule has 0 radical (unpaired) electrons. The lowest BCUT2D eigenvalue weighted by Crippen LogP contribution is -2.22. The standard InChI is InChI=1S/C14H16N2O4/c17-13-4-5-20-16(13)11-3-1-2-9(6-11)12-7-10(8-15-12)14(18)19/h1-3,6,10,12,15H,4-5,7-8H2,(H,18,19). The van der Waals surface area contributed by atoms with Gasteiger partial charge in [0.25, 0.3) is 5.91 Å². The van der Waals surface area contributed by atoms with E-state index in [4.69, 9.17) is 9.94 Å². The van der Waals surface area contributed by atoms with Crippen molar-refractivity contribution in [3.8, 4) is 0 Å². The Labute approximate surface area is 116 Å². The Kier molecular flexibility index (Phi) is 3.42. The van der Waals surface area contributed by atoms with Crippen molar-refractivity contribution in [1.29, 1.82) is 0 Å². The molecule has 6 heteroatoms. The van der Waals surface area contributed by atoms with Gasteiger partial charge in [-0.25, -0.2) is 0 Å². The highest BCUT2D eigenvalue weighted by atomic mass is 16.7. The van der Waals surface area contributed by atoms with Crippen LogP contribution in [-0.2, 0) is 14.4 Å². The fraction of sp³-hybridized carbons (Fsp3) is 0.429. The van der Waals surface area contributed by atoms with E-state index in [1.54, 1.807) is 0 Å². The maximum absolute atomic E-state index is 11.7. The number of carbonyl (C=O) groups excluding carboxylic acids is 1. The van der Waals surface area contributed by atoms with Gasteiger partial charge in [-0.3, -0.25) is 14.4 Å². The molecule has 6 nitrogen and oxygen atoms in total. The lowest BCUT2D eigenvalue weighted by molar-refractivity contribution is -0.141. The Hall–Kier alpha value is -1.92. The number of anilines is 1. The van der Waals surface area contributed by atoms with E-state index in [1.807, 2.05) is 24.3 Å². The number of carboxylic acid groups (broad SMARTS) is 1. The molecule has 0 bridgehead atoms. The molecule has 2 saturated heterocycles. The molecular weight excluding hydrogens is 260 g/mol. The van der Waals surface area contributed by atoms with Gasteiger partial charge >= 0.3 is 5.97 Å². The fourth-order valence-corrected chi connectivity index (χ4v) is 2.66. The van der Waals surface area contributed by atoms with Gasteiger partial charge in [0.15, 0.2) is 0 Å². The first-order valence-electron chi connectivity index (χ1n) is 6.67. The number of nitrogens with zero attached hydrogens (tertiary/aromatic N) is 1. The predicted octanol–water partition coefficient (Wildman–Crippen LogP) is 1.09. The van der Waals surface area contributed by atoms with Gasteiger partial charge in [0.05, 0.1) is 24.6 Å². The zero-order valence-electron chi connectivity index (χ0n) is 10.9. The Bertz CT molecular complexity index is 546. The molecule has 1 aromatic rings. The van der Waals surface area contributed by atoms with E-state index in [2.05, 4.69) is 5.32 Å². The molecule has 0 saturated carbocycles. The normalized spacial score (nSPS) is 26.2. The topological polar surface area (TPSA) is 78.9 Å². The van der Waals surface area contributed by atoms with Crippen molar-refractivity contribution in [3.63, 3.8) is 0 Å². The second kappa shape index (κ2) is 5.22. The summed E-state index contributed by atoms with van der Waals surface area (Å²) in [6.07, 6.45) is 0.959. The largest absolute Gasteiger partial charge is 0.481 e. The maximum atomic E-state index is 11.7. The molecule has 0 aromatic heterocycles. The first-order chi connectivity index (χ1) is 9.65. The monoisotopic (exact) mass is 276 g/mol. The highest BCUT2D eigenvalue weighted by Gasteiger charge is 2.31. The smallest absolute Gasteiger partial charge is 0.307 e. The minimum absolute atomic E-state index is 0.00811. The van der Waals surface area contributed by atoms with Gasteiger partial charge in [0.1, 0.15) is 0 Å². The van der Waals surface area contributed by atoms with Crippen molar-refractivity contribution in [2.45, 2.75) is 18.9 Å². The second-order valence-electron chi connectivity index (χ2n) is 5.10. The number of carbonyl (C=O) groups is 2. The van der Waals surface area contributed by atoms with Gasteiger partial charge in [-0.1, -0.05) is 12.1 Å². The average molecular weight is 276 g/mol. The van der Waals surface area contributed by atoms with Crippen molar-refractivity contribution < 1.29 is 19.5 Å². The molecule has 20 heavy (non-hydrogen) atoms. The highest BCUT2D eigenvalue weighted by molar-refractivity contribution is 5.92. The Morgan fingerprint density at radius 2 is 2.30 bits per heavy atom. The summed E-state index contributed by atoms with van der Waals surface area (Å²) in [4.78, 5) is 27.9. The van der Waals surface area contributed by atoms with Crippen molar-refractivity contribution >= 4 is 17.6 Å². The Morgan fingerprint density at radius 3 is 2.95 bits per heavy atom. The lowest BCUT2D eigenvalue weighted by atomic mass is 10.00. The first-order valence-corrected chi connectivity index (χ1v) is 6.67. The first kappa shape index (κ1) is 13.1. The lowest BCUT2D eigenvalue weighted by Gasteiger charge is -2.17. The number of amides is 1. The number of aliphatic carboxylic acids is 1. The molecule has 3 rings (SSSR count). The van der Waals surface area contributed by atoms with Crippen LogP contribution in [0.15, 0.2) is 24.3 Å². The van der Waals surface area contributed by atoms with Gasteiger partial charge in [0, 0.05) is 12.6 Å². The molecule has 2 fully saturated rings. The summed E-state index contributed by atoms with van der Waals surface area (Å²) >= 11 is 0. The van der Waals surface area contributed by atoms with Crippen molar-refractivity contribution in [2.24, 2.45) is 5.92 Å². The van der Waals surface area contributed by atoms with Crippen LogP contribution in [0.2, 0.25) is 0 Å². The molecule has 0 spiro atoms. The summed E-state index contributed by atoms with van der Waals surface area (Å²) in [5, 5.41) is 13.5. The van der Waals surface area contributed by atoms with E-state index in [9.17, 15) is 9.59 Å². The molecule has 1 aromatic carbocycles. The van der Waals surface area contributed by atoms with E-state index in [-0.39, 0.29) is 17.9 Å². The van der Waals surface area contributed by atoms with E-state index in [1.165, 1.54) is 5.06 Å². The third-order valence-corrected chi connectivity index (χ3v) is 3.75. The molecule has 2 aliphatic rings. The number of hydroxylamine groups is 1. The minimum Gasteiger partial charge on any atom is -0.481 e. The van der Waals surface area contributed by atoms with Crippen LogP contribution in [0.5, 0.6) is 0 Å². The van der Waals surface area contributed by atoms with Crippen LogP contribution in [0.3, 0.4) is 0 Å². The molecule has 2 aliphatic heterocycles. The number of hydrogen-bond donors (Lipinski definition) is 2. The summed E-state index contributed by atoms with van der Waals surface area (Å²) in [7, 11) is 0. The van der Waals surface area contributed by atoms with E-state index in [0.29, 0.717) is 31.7 Å². The Morgan fingerprint density at radius 1 is 1.45 bits per heavy atom. The summed E-state index contributed by atoms with van der Waals surface area (Å²) < 4.78 is 0. The van der Waals surface area contributed by atoms with Gasteiger partial charge in [-0.05, 0) is 24.1 Å². The molecule has 106 valence electrons. The zero-order valence-corrected chi connectivity index (χ0v) is 10.9. The van der Waals surface area contributed by atoms with Crippen LogP contribution in [-0.4, -0.2) is 30.1 Å². The van der Waals surface area contributed by atoms with Crippen molar-refractivity contribution in [1.82, 2.24) is 5.32 Å². The number of carboxylic acids is 1. The number of nitrogens with one attached hydrogen (secondary N) is 1. The summed E-state index contributed by atoms with van der Waals surface area (Å²) in [6.45, 7) is 0.884. The van der Waals surface area contributed by atoms with Gasteiger partial charge in [-0.15, -0.1) is 0 Å². The SMILES string of the molecule is O=C(O)C1CNC(c2cccc(N3OCCC3=O)c2)C1. The highest BCUT2D eigenvalue weighted by Crippen LogP contribution is 2.30. The van der Waals surface area contributed by atoms with Crippen LogP contribution in [0.1, 0.15) is 24.4 Å². The van der Waals surface area contributed by atoms with E-state index < -0.39 is 5.97 Å². The Balaban J connectivity index is 1.78. The van der Waals surface area contributed by atoms with Gasteiger partial charge in [-0.2, -0.15) is 5.06 Å².